The second-order valence-electron chi connectivity index (χ2n) is 7.00. The van der Waals surface area contributed by atoms with Crippen LogP contribution in [0.15, 0.2) is 82.0 Å². The topological polar surface area (TPSA) is 59.8 Å². The first-order valence-corrected chi connectivity index (χ1v) is 9.75. The van der Waals surface area contributed by atoms with E-state index in [1.165, 1.54) is 0 Å². The molecule has 0 N–H and O–H groups in total. The number of methoxy groups -OCH3 is 1. The summed E-state index contributed by atoms with van der Waals surface area (Å²) in [5.74, 6) is 0.284. The SMILES string of the molecule is COc1cccc(N2C(=O)c3oc4ccc(Cl)cc4c(=O)c3C2c2ccccc2)c1. The van der Waals surface area contributed by atoms with Crippen molar-refractivity contribution in [3.8, 4) is 5.75 Å². The number of rotatable bonds is 3. The second-order valence-corrected chi connectivity index (χ2v) is 7.44. The quantitative estimate of drug-likeness (QED) is 0.459. The molecule has 1 aliphatic heterocycles. The molecule has 148 valence electrons. The number of anilines is 1. The molecule has 1 aromatic heterocycles. The minimum atomic E-state index is -0.625. The molecule has 4 aromatic rings. The van der Waals surface area contributed by atoms with Crippen molar-refractivity contribution in [2.75, 3.05) is 12.0 Å². The lowest BCUT2D eigenvalue weighted by Crippen LogP contribution is -2.29. The Morgan fingerprint density at radius 1 is 0.967 bits per heavy atom. The van der Waals surface area contributed by atoms with Crippen LogP contribution in [0.4, 0.5) is 5.69 Å². The highest BCUT2D eigenvalue weighted by molar-refractivity contribution is 6.31. The smallest absolute Gasteiger partial charge is 0.295 e. The summed E-state index contributed by atoms with van der Waals surface area (Å²) >= 11 is 6.11. The average molecular weight is 418 g/mol. The molecule has 0 spiro atoms. The summed E-state index contributed by atoms with van der Waals surface area (Å²) in [6.45, 7) is 0. The molecule has 2 heterocycles. The number of fused-ring (bicyclic) bond motifs is 2. The van der Waals surface area contributed by atoms with Crippen molar-refractivity contribution < 1.29 is 13.9 Å². The predicted molar refractivity (Wildman–Crippen MR) is 116 cm³/mol. The van der Waals surface area contributed by atoms with Gasteiger partial charge in [0.1, 0.15) is 11.3 Å². The van der Waals surface area contributed by atoms with Gasteiger partial charge in [-0.1, -0.05) is 48.0 Å². The number of hydrogen-bond acceptors (Lipinski definition) is 4. The van der Waals surface area contributed by atoms with Crippen molar-refractivity contribution in [2.45, 2.75) is 6.04 Å². The van der Waals surface area contributed by atoms with Gasteiger partial charge >= 0.3 is 0 Å². The first-order valence-electron chi connectivity index (χ1n) is 9.37. The maximum absolute atomic E-state index is 13.5. The van der Waals surface area contributed by atoms with E-state index in [1.54, 1.807) is 48.4 Å². The molecular weight excluding hydrogens is 402 g/mol. The van der Waals surface area contributed by atoms with Gasteiger partial charge in [0, 0.05) is 16.8 Å². The van der Waals surface area contributed by atoms with E-state index < -0.39 is 6.04 Å². The highest BCUT2D eigenvalue weighted by Crippen LogP contribution is 2.41. The Hall–Kier alpha value is -3.57. The molecule has 0 radical (unpaired) electrons. The second kappa shape index (κ2) is 7.04. The monoisotopic (exact) mass is 417 g/mol. The van der Waals surface area contributed by atoms with Gasteiger partial charge in [-0.15, -0.1) is 0 Å². The van der Waals surface area contributed by atoms with E-state index in [2.05, 4.69) is 0 Å². The number of ether oxygens (including phenoxy) is 1. The summed E-state index contributed by atoms with van der Waals surface area (Å²) in [6, 6.07) is 20.8. The summed E-state index contributed by atoms with van der Waals surface area (Å²) in [4.78, 5) is 28.5. The minimum Gasteiger partial charge on any atom is -0.497 e. The Labute approximate surface area is 177 Å². The number of carbonyl (C=O) groups excluding carboxylic acids is 1. The molecule has 5 nitrogen and oxygen atoms in total. The molecule has 6 heteroatoms. The zero-order valence-electron chi connectivity index (χ0n) is 16.0. The van der Waals surface area contributed by atoms with Crippen molar-refractivity contribution in [1.29, 1.82) is 0 Å². The van der Waals surface area contributed by atoms with Crippen LogP contribution >= 0.6 is 11.6 Å². The summed E-state index contributed by atoms with van der Waals surface area (Å²) in [6.07, 6.45) is 0. The van der Waals surface area contributed by atoms with E-state index in [1.807, 2.05) is 36.4 Å². The van der Waals surface area contributed by atoms with Gasteiger partial charge in [0.2, 0.25) is 5.76 Å². The average Bonchev–Trinajstić information content (AvgIpc) is 3.07. The fourth-order valence-electron chi connectivity index (χ4n) is 3.92. The molecular formula is C24H16ClNO4. The van der Waals surface area contributed by atoms with Crippen molar-refractivity contribution in [3.05, 3.63) is 105 Å². The number of hydrogen-bond donors (Lipinski definition) is 0. The van der Waals surface area contributed by atoms with Crippen LogP contribution in [0, 0.1) is 0 Å². The van der Waals surface area contributed by atoms with Crippen LogP contribution in [0.25, 0.3) is 11.0 Å². The minimum absolute atomic E-state index is 0.0477. The largest absolute Gasteiger partial charge is 0.497 e. The Bertz CT molecular complexity index is 1350. The highest BCUT2D eigenvalue weighted by atomic mass is 35.5. The fourth-order valence-corrected chi connectivity index (χ4v) is 4.09. The van der Waals surface area contributed by atoms with E-state index in [-0.39, 0.29) is 17.1 Å². The third-order valence-electron chi connectivity index (χ3n) is 5.28. The first-order chi connectivity index (χ1) is 14.6. The summed E-state index contributed by atoms with van der Waals surface area (Å²) in [5, 5.41) is 0.780. The molecule has 0 saturated carbocycles. The van der Waals surface area contributed by atoms with Crippen LogP contribution in [0.3, 0.4) is 0 Å². The standard InChI is InChI=1S/C24H16ClNO4/c1-29-17-9-5-8-16(13-17)26-21(14-6-3-2-4-7-14)20-22(27)18-12-15(25)10-11-19(18)30-23(20)24(26)28/h2-13,21H,1H3. The highest BCUT2D eigenvalue weighted by Gasteiger charge is 2.43. The maximum atomic E-state index is 13.5. The maximum Gasteiger partial charge on any atom is 0.295 e. The van der Waals surface area contributed by atoms with Gasteiger partial charge in [0.15, 0.2) is 5.43 Å². The van der Waals surface area contributed by atoms with Crippen LogP contribution < -0.4 is 15.1 Å². The van der Waals surface area contributed by atoms with E-state index in [0.717, 1.165) is 5.56 Å². The first kappa shape index (κ1) is 18.5. The Morgan fingerprint density at radius 2 is 1.77 bits per heavy atom. The zero-order valence-corrected chi connectivity index (χ0v) is 16.7. The molecule has 0 bridgehead atoms. The van der Waals surface area contributed by atoms with Gasteiger partial charge in [-0.05, 0) is 35.9 Å². The Kier molecular flexibility index (Phi) is 4.33. The normalized spacial score (nSPS) is 15.5. The molecule has 1 aliphatic rings. The van der Waals surface area contributed by atoms with Crippen LogP contribution in [0.1, 0.15) is 27.7 Å². The summed E-state index contributed by atoms with van der Waals surface area (Å²) in [5.41, 5.74) is 1.79. The molecule has 3 aromatic carbocycles. The lowest BCUT2D eigenvalue weighted by Gasteiger charge is -2.25. The van der Waals surface area contributed by atoms with Crippen LogP contribution in [0.5, 0.6) is 5.75 Å². The van der Waals surface area contributed by atoms with Gasteiger partial charge in [-0.2, -0.15) is 0 Å². The number of nitrogens with zero attached hydrogens (tertiary/aromatic N) is 1. The van der Waals surface area contributed by atoms with E-state index in [4.69, 9.17) is 20.8 Å². The molecule has 0 fully saturated rings. The fraction of sp³-hybridized carbons (Fsp3) is 0.0833. The molecule has 0 saturated heterocycles. The number of benzene rings is 3. The predicted octanol–water partition coefficient (Wildman–Crippen LogP) is 5.20. The number of halogens is 1. The van der Waals surface area contributed by atoms with Gasteiger partial charge in [0.25, 0.3) is 5.91 Å². The van der Waals surface area contributed by atoms with Gasteiger partial charge in [-0.25, -0.2) is 0 Å². The third-order valence-corrected chi connectivity index (χ3v) is 5.51. The van der Waals surface area contributed by atoms with Gasteiger partial charge in [-0.3, -0.25) is 14.5 Å². The van der Waals surface area contributed by atoms with E-state index >= 15 is 0 Å². The number of carbonyl (C=O) groups is 1. The van der Waals surface area contributed by atoms with Crippen molar-refractivity contribution in [3.63, 3.8) is 0 Å². The Balaban J connectivity index is 1.81. The van der Waals surface area contributed by atoms with Gasteiger partial charge in [0.05, 0.1) is 24.1 Å². The van der Waals surface area contributed by atoms with Gasteiger partial charge < -0.3 is 9.15 Å². The molecule has 1 unspecified atom stereocenters. The van der Waals surface area contributed by atoms with E-state index in [0.29, 0.717) is 33.0 Å². The van der Waals surface area contributed by atoms with Crippen LogP contribution in [0.2, 0.25) is 5.02 Å². The third kappa shape index (κ3) is 2.78. The lowest BCUT2D eigenvalue weighted by atomic mass is 9.98. The van der Waals surface area contributed by atoms with Crippen molar-refractivity contribution >= 4 is 34.2 Å². The lowest BCUT2D eigenvalue weighted by molar-refractivity contribution is 0.0971. The molecule has 30 heavy (non-hydrogen) atoms. The van der Waals surface area contributed by atoms with Crippen molar-refractivity contribution in [1.82, 2.24) is 0 Å². The van der Waals surface area contributed by atoms with Crippen LogP contribution in [-0.4, -0.2) is 13.0 Å². The summed E-state index contributed by atoms with van der Waals surface area (Å²) in [7, 11) is 1.57. The van der Waals surface area contributed by atoms with Crippen molar-refractivity contribution in [2.24, 2.45) is 0 Å². The Morgan fingerprint density at radius 3 is 2.53 bits per heavy atom. The molecule has 5 rings (SSSR count). The molecule has 1 atom stereocenters. The zero-order chi connectivity index (χ0) is 20.8. The van der Waals surface area contributed by atoms with Crippen LogP contribution in [-0.2, 0) is 0 Å². The number of amides is 1. The summed E-state index contributed by atoms with van der Waals surface area (Å²) < 4.78 is 11.3. The molecule has 1 amide bonds. The van der Waals surface area contributed by atoms with E-state index in [9.17, 15) is 9.59 Å². The molecule has 0 aliphatic carbocycles.